The highest BCUT2D eigenvalue weighted by Crippen LogP contribution is 2.27. The Morgan fingerprint density at radius 1 is 1.31 bits per heavy atom. The van der Waals surface area contributed by atoms with Crippen molar-refractivity contribution in [3.05, 3.63) is 34.3 Å². The van der Waals surface area contributed by atoms with Gasteiger partial charge in [0.1, 0.15) is 0 Å². The molecule has 0 aliphatic carbocycles. The van der Waals surface area contributed by atoms with Gasteiger partial charge in [-0.1, -0.05) is 41.9 Å². The second kappa shape index (κ2) is 3.93. The van der Waals surface area contributed by atoms with Crippen LogP contribution in [0.1, 0.15) is 25.8 Å². The second-order valence-electron chi connectivity index (χ2n) is 3.73. The van der Waals surface area contributed by atoms with Gasteiger partial charge >= 0.3 is 0 Å². The number of hydrogen-bond donors (Lipinski definition) is 0. The molecule has 1 aromatic carbocycles. The highest BCUT2D eigenvalue weighted by Gasteiger charge is 2.19. The lowest BCUT2D eigenvalue weighted by Gasteiger charge is -2.21. The van der Waals surface area contributed by atoms with Crippen LogP contribution in [0.4, 0.5) is 0 Å². The lowest BCUT2D eigenvalue weighted by Crippen LogP contribution is -2.15. The molecule has 0 saturated carbocycles. The monoisotopic (exact) mass is 237 g/mol. The first-order valence-corrected chi connectivity index (χ1v) is 4.98. The molecule has 2 heteroatoms. The number of rotatable bonds is 2. The molecule has 0 unspecified atom stereocenters. The highest BCUT2D eigenvalue weighted by atomic mass is 79.9. The molecule has 0 aromatic heterocycles. The van der Waals surface area contributed by atoms with Gasteiger partial charge in [0.15, 0.2) is 0 Å². The highest BCUT2D eigenvalue weighted by molar-refractivity contribution is 9.10. The van der Waals surface area contributed by atoms with E-state index in [1.807, 2.05) is 12.1 Å². The Morgan fingerprint density at radius 3 is 2.31 bits per heavy atom. The lowest BCUT2D eigenvalue weighted by molar-refractivity contribution is 0.540. The number of halogens is 1. The van der Waals surface area contributed by atoms with Crippen LogP contribution in [-0.2, 0) is 5.41 Å². The van der Waals surface area contributed by atoms with E-state index in [1.165, 1.54) is 5.56 Å². The minimum absolute atomic E-state index is 0.0462. The molecule has 0 saturated heterocycles. The van der Waals surface area contributed by atoms with Gasteiger partial charge in [0.05, 0.1) is 6.07 Å². The minimum atomic E-state index is -0.0462. The van der Waals surface area contributed by atoms with Crippen molar-refractivity contribution in [3.63, 3.8) is 0 Å². The summed E-state index contributed by atoms with van der Waals surface area (Å²) in [6.07, 6.45) is 0.550. The third-order valence-electron chi connectivity index (χ3n) is 2.15. The van der Waals surface area contributed by atoms with E-state index >= 15 is 0 Å². The molecule has 0 N–H and O–H groups in total. The van der Waals surface area contributed by atoms with Crippen LogP contribution in [0, 0.1) is 11.3 Å². The van der Waals surface area contributed by atoms with Gasteiger partial charge in [0.2, 0.25) is 0 Å². The van der Waals surface area contributed by atoms with Crippen LogP contribution >= 0.6 is 15.9 Å². The van der Waals surface area contributed by atoms with E-state index in [9.17, 15) is 0 Å². The molecule has 1 rings (SSSR count). The number of nitrogens with zero attached hydrogens (tertiary/aromatic N) is 1. The zero-order valence-electron chi connectivity index (χ0n) is 7.84. The summed E-state index contributed by atoms with van der Waals surface area (Å²) in [4.78, 5) is 0. The minimum Gasteiger partial charge on any atom is -0.198 e. The fourth-order valence-corrected chi connectivity index (χ4v) is 1.47. The molecule has 1 nitrogen and oxygen atoms in total. The van der Waals surface area contributed by atoms with Crippen molar-refractivity contribution in [2.45, 2.75) is 25.7 Å². The predicted molar refractivity (Wildman–Crippen MR) is 57.4 cm³/mol. The van der Waals surface area contributed by atoms with Crippen molar-refractivity contribution in [1.29, 1.82) is 5.26 Å². The van der Waals surface area contributed by atoms with Gasteiger partial charge in [-0.05, 0) is 17.7 Å². The summed E-state index contributed by atoms with van der Waals surface area (Å²) in [6, 6.07) is 10.3. The van der Waals surface area contributed by atoms with Crippen LogP contribution in [-0.4, -0.2) is 0 Å². The Hall–Kier alpha value is -0.810. The van der Waals surface area contributed by atoms with Crippen LogP contribution in [0.15, 0.2) is 28.7 Å². The molecule has 0 spiro atoms. The zero-order chi connectivity index (χ0) is 9.90. The molecule has 0 aliphatic heterocycles. The first-order valence-electron chi connectivity index (χ1n) is 4.19. The first kappa shape index (κ1) is 10.3. The number of hydrogen-bond acceptors (Lipinski definition) is 1. The summed E-state index contributed by atoms with van der Waals surface area (Å²) in [5.41, 5.74) is 1.16. The standard InChI is InChI=1S/C11H12BrN/c1-11(2,7-8-13)9-3-5-10(12)6-4-9/h3-6H,7H2,1-2H3. The largest absolute Gasteiger partial charge is 0.198 e. The van der Waals surface area contributed by atoms with Gasteiger partial charge in [0, 0.05) is 16.3 Å². The van der Waals surface area contributed by atoms with Gasteiger partial charge in [-0.25, -0.2) is 0 Å². The maximum Gasteiger partial charge on any atom is 0.0630 e. The molecule has 13 heavy (non-hydrogen) atoms. The zero-order valence-corrected chi connectivity index (χ0v) is 9.43. The first-order chi connectivity index (χ1) is 6.06. The van der Waals surface area contributed by atoms with Crippen molar-refractivity contribution >= 4 is 15.9 Å². The van der Waals surface area contributed by atoms with E-state index in [-0.39, 0.29) is 5.41 Å². The normalized spacial score (nSPS) is 10.9. The summed E-state index contributed by atoms with van der Waals surface area (Å²) in [7, 11) is 0. The maximum atomic E-state index is 8.66. The summed E-state index contributed by atoms with van der Waals surface area (Å²) < 4.78 is 1.07. The molecule has 0 atom stereocenters. The van der Waals surface area contributed by atoms with Gasteiger partial charge in [-0.3, -0.25) is 0 Å². The third-order valence-corrected chi connectivity index (χ3v) is 2.68. The molecule has 0 radical (unpaired) electrons. The second-order valence-corrected chi connectivity index (χ2v) is 4.64. The van der Waals surface area contributed by atoms with Crippen molar-refractivity contribution in [3.8, 4) is 6.07 Å². The van der Waals surface area contributed by atoms with Gasteiger partial charge in [-0.2, -0.15) is 5.26 Å². The van der Waals surface area contributed by atoms with Gasteiger partial charge < -0.3 is 0 Å². The Labute approximate surface area is 87.5 Å². The molecule has 0 bridgehead atoms. The van der Waals surface area contributed by atoms with Crippen LogP contribution < -0.4 is 0 Å². The van der Waals surface area contributed by atoms with Crippen LogP contribution in [0.3, 0.4) is 0 Å². The van der Waals surface area contributed by atoms with E-state index < -0.39 is 0 Å². The van der Waals surface area contributed by atoms with Crippen molar-refractivity contribution in [2.75, 3.05) is 0 Å². The van der Waals surface area contributed by atoms with E-state index in [2.05, 4.69) is 48.0 Å². The lowest BCUT2D eigenvalue weighted by atomic mass is 9.82. The average molecular weight is 238 g/mol. The predicted octanol–water partition coefficient (Wildman–Crippen LogP) is 3.64. The summed E-state index contributed by atoms with van der Waals surface area (Å²) in [6.45, 7) is 4.17. The van der Waals surface area contributed by atoms with E-state index in [1.54, 1.807) is 0 Å². The molecular formula is C11H12BrN. The molecule has 1 aromatic rings. The van der Waals surface area contributed by atoms with Crippen LogP contribution in [0.2, 0.25) is 0 Å². The molecule has 0 heterocycles. The summed E-state index contributed by atoms with van der Waals surface area (Å²) in [5.74, 6) is 0. The molecule has 68 valence electrons. The van der Waals surface area contributed by atoms with Crippen molar-refractivity contribution in [1.82, 2.24) is 0 Å². The quantitative estimate of drug-likeness (QED) is 0.771. The van der Waals surface area contributed by atoms with Gasteiger partial charge in [0.25, 0.3) is 0 Å². The molecule has 0 amide bonds. The van der Waals surface area contributed by atoms with E-state index in [0.717, 1.165) is 4.47 Å². The topological polar surface area (TPSA) is 23.8 Å². The van der Waals surface area contributed by atoms with Crippen molar-refractivity contribution < 1.29 is 0 Å². The van der Waals surface area contributed by atoms with Crippen LogP contribution in [0.25, 0.3) is 0 Å². The SMILES string of the molecule is CC(C)(CC#N)c1ccc(Br)cc1. The van der Waals surface area contributed by atoms with Crippen molar-refractivity contribution in [2.24, 2.45) is 0 Å². The Morgan fingerprint density at radius 2 is 1.85 bits per heavy atom. The van der Waals surface area contributed by atoms with E-state index in [0.29, 0.717) is 6.42 Å². The van der Waals surface area contributed by atoms with Crippen LogP contribution in [0.5, 0.6) is 0 Å². The third kappa shape index (κ3) is 2.57. The Balaban J connectivity index is 2.95. The smallest absolute Gasteiger partial charge is 0.0630 e. The summed E-state index contributed by atoms with van der Waals surface area (Å²) >= 11 is 3.39. The van der Waals surface area contributed by atoms with Gasteiger partial charge in [-0.15, -0.1) is 0 Å². The fourth-order valence-electron chi connectivity index (χ4n) is 1.20. The number of benzene rings is 1. The fraction of sp³-hybridized carbons (Fsp3) is 0.364. The molecule has 0 aliphatic rings. The number of nitriles is 1. The maximum absolute atomic E-state index is 8.66. The average Bonchev–Trinajstić information content (AvgIpc) is 2.05. The molecule has 0 fully saturated rings. The van der Waals surface area contributed by atoms with E-state index in [4.69, 9.17) is 5.26 Å². The Bertz CT molecular complexity index is 319. The summed E-state index contributed by atoms with van der Waals surface area (Å²) in [5, 5.41) is 8.66. The Kier molecular flexibility index (Phi) is 3.11. The molecular weight excluding hydrogens is 226 g/mol.